The SMILES string of the molecule is COCOc1cc(-c2c(Cl)cc3c(N4C[C@H]5CC[C@@H](C4)N5C(=O)OC(C)(C)C)nc(OCC45CCCN4CCC5)nc3c2F)c2c(Cl)c(F)ccc2c1. The van der Waals surface area contributed by atoms with Crippen LogP contribution in [0.1, 0.15) is 59.3 Å². The number of amides is 1. The molecule has 10 nitrogen and oxygen atoms in total. The molecule has 3 aromatic carbocycles. The molecule has 2 bridgehead atoms. The summed E-state index contributed by atoms with van der Waals surface area (Å²) in [4.78, 5) is 29.3. The third-order valence-corrected chi connectivity index (χ3v) is 11.8. The van der Waals surface area contributed by atoms with E-state index >= 15 is 4.39 Å². The number of ether oxygens (including phenoxy) is 4. The van der Waals surface area contributed by atoms with Gasteiger partial charge < -0.3 is 23.8 Å². The number of halogens is 4. The van der Waals surface area contributed by atoms with E-state index in [2.05, 4.69) is 9.80 Å². The van der Waals surface area contributed by atoms with E-state index in [-0.39, 0.29) is 68.6 Å². The number of hydrogen-bond donors (Lipinski definition) is 0. The maximum absolute atomic E-state index is 17.4. The summed E-state index contributed by atoms with van der Waals surface area (Å²) in [5.41, 5.74) is -0.494. The van der Waals surface area contributed by atoms with Gasteiger partial charge in [-0.2, -0.15) is 9.97 Å². The van der Waals surface area contributed by atoms with Crippen molar-refractivity contribution in [2.24, 2.45) is 0 Å². The van der Waals surface area contributed by atoms with Gasteiger partial charge in [-0.1, -0.05) is 29.3 Å². The molecule has 4 aliphatic rings. The number of nitrogens with zero attached hydrogens (tertiary/aromatic N) is 5. The van der Waals surface area contributed by atoms with Crippen LogP contribution in [-0.2, 0) is 9.47 Å². The van der Waals surface area contributed by atoms with Crippen LogP contribution >= 0.6 is 23.2 Å². The summed E-state index contributed by atoms with van der Waals surface area (Å²) in [6.07, 6.45) is 5.49. The summed E-state index contributed by atoms with van der Waals surface area (Å²) < 4.78 is 55.4. The molecule has 0 N–H and O–H groups in total. The van der Waals surface area contributed by atoms with Gasteiger partial charge in [0.2, 0.25) is 0 Å². The molecule has 4 fully saturated rings. The van der Waals surface area contributed by atoms with E-state index in [0.717, 1.165) is 51.6 Å². The molecule has 0 aliphatic carbocycles. The van der Waals surface area contributed by atoms with Crippen molar-refractivity contribution in [3.05, 3.63) is 52.0 Å². The van der Waals surface area contributed by atoms with Crippen LogP contribution < -0.4 is 14.4 Å². The summed E-state index contributed by atoms with van der Waals surface area (Å²) >= 11 is 13.6. The zero-order chi connectivity index (χ0) is 37.2. The number of hydrogen-bond acceptors (Lipinski definition) is 9. The van der Waals surface area contributed by atoms with Gasteiger partial charge in [0.15, 0.2) is 12.6 Å². The smallest absolute Gasteiger partial charge is 0.410 e. The Morgan fingerprint density at radius 2 is 1.72 bits per heavy atom. The second-order valence-electron chi connectivity index (χ2n) is 15.6. The highest BCUT2D eigenvalue weighted by Gasteiger charge is 2.46. The first-order valence-corrected chi connectivity index (χ1v) is 19.0. The van der Waals surface area contributed by atoms with E-state index in [1.165, 1.54) is 13.2 Å². The Morgan fingerprint density at radius 1 is 1.00 bits per heavy atom. The zero-order valence-electron chi connectivity index (χ0n) is 30.3. The standard InChI is InChI=1S/C39H43Cl2F2N5O5/c1-38(2,3)53-37(49)48-23-8-9-24(48)19-46(18-23)35-27-17-28(40)31(26-16-25(52-21-50-4)15-22-7-10-29(42)32(41)30(22)26)33(43)34(27)44-36(45-35)51-20-39-11-5-13-47(39)14-6-12-39/h7,10,15-17,23-24H,5-6,8-9,11-14,18-21H2,1-4H3/t23-,24+. The molecule has 282 valence electrons. The van der Waals surface area contributed by atoms with E-state index in [1.54, 1.807) is 24.3 Å². The highest BCUT2D eigenvalue weighted by atomic mass is 35.5. The molecule has 8 rings (SSSR count). The molecule has 1 amide bonds. The molecule has 0 radical (unpaired) electrons. The lowest BCUT2D eigenvalue weighted by molar-refractivity contribution is 0.0122. The average Bonchev–Trinajstić information content (AvgIpc) is 3.77. The highest BCUT2D eigenvalue weighted by molar-refractivity contribution is 6.38. The van der Waals surface area contributed by atoms with Gasteiger partial charge >= 0.3 is 12.1 Å². The van der Waals surface area contributed by atoms with Crippen molar-refractivity contribution in [2.75, 3.05) is 51.6 Å². The maximum atomic E-state index is 17.4. The van der Waals surface area contributed by atoms with Crippen molar-refractivity contribution in [1.29, 1.82) is 0 Å². The molecule has 14 heteroatoms. The van der Waals surface area contributed by atoms with Gasteiger partial charge in [-0.15, -0.1) is 0 Å². The predicted molar refractivity (Wildman–Crippen MR) is 200 cm³/mol. The van der Waals surface area contributed by atoms with Crippen molar-refractivity contribution in [3.63, 3.8) is 0 Å². The first kappa shape index (κ1) is 36.3. The maximum Gasteiger partial charge on any atom is 0.410 e. The second kappa shape index (κ2) is 13.9. The molecule has 0 unspecified atom stereocenters. The minimum atomic E-state index is -0.733. The molecule has 1 aromatic heterocycles. The number of anilines is 1. The fourth-order valence-corrected chi connectivity index (χ4v) is 9.41. The summed E-state index contributed by atoms with van der Waals surface area (Å²) in [6.45, 7) is 8.86. The lowest BCUT2D eigenvalue weighted by Gasteiger charge is -2.42. The van der Waals surface area contributed by atoms with Crippen molar-refractivity contribution in [1.82, 2.24) is 19.8 Å². The fraction of sp³-hybridized carbons (Fsp3) is 0.513. The van der Waals surface area contributed by atoms with E-state index in [4.69, 9.17) is 52.1 Å². The molecule has 4 aliphatic heterocycles. The Hall–Kier alpha value is -3.71. The Labute approximate surface area is 317 Å². The zero-order valence-corrected chi connectivity index (χ0v) is 31.8. The Balaban J connectivity index is 1.25. The number of benzene rings is 3. The predicted octanol–water partition coefficient (Wildman–Crippen LogP) is 8.61. The number of piperazine rings is 1. The molecular formula is C39H43Cl2F2N5O5. The van der Waals surface area contributed by atoms with Gasteiger partial charge in [-0.05, 0) is 108 Å². The molecule has 4 aromatic rings. The van der Waals surface area contributed by atoms with Gasteiger partial charge in [0, 0.05) is 36.5 Å². The van der Waals surface area contributed by atoms with Crippen molar-refractivity contribution in [2.45, 2.75) is 82.5 Å². The van der Waals surface area contributed by atoms with Crippen molar-refractivity contribution >= 4 is 56.8 Å². The van der Waals surface area contributed by atoms with E-state index < -0.39 is 17.2 Å². The van der Waals surface area contributed by atoms with Crippen LogP contribution in [0.5, 0.6) is 11.8 Å². The Bertz CT molecular complexity index is 2070. The Kier molecular flexibility index (Phi) is 9.48. The number of methoxy groups -OCH3 is 1. The monoisotopic (exact) mass is 769 g/mol. The molecule has 2 atom stereocenters. The van der Waals surface area contributed by atoms with Gasteiger partial charge in [0.25, 0.3) is 0 Å². The third-order valence-electron chi connectivity index (χ3n) is 11.1. The molecule has 5 heterocycles. The molecule has 0 saturated carbocycles. The van der Waals surface area contributed by atoms with Gasteiger partial charge in [0.05, 0.1) is 27.7 Å². The molecule has 53 heavy (non-hydrogen) atoms. The van der Waals surface area contributed by atoms with Crippen LogP contribution in [0.25, 0.3) is 32.8 Å². The van der Waals surface area contributed by atoms with Crippen LogP contribution in [0.3, 0.4) is 0 Å². The number of carbonyl (C=O) groups excluding carboxylic acids is 1. The molecule has 0 spiro atoms. The molecular weight excluding hydrogens is 727 g/mol. The van der Waals surface area contributed by atoms with Gasteiger partial charge in [0.1, 0.15) is 35.1 Å². The number of carbonyl (C=O) groups is 1. The fourth-order valence-electron chi connectivity index (χ4n) is 8.84. The third kappa shape index (κ3) is 6.59. The second-order valence-corrected chi connectivity index (χ2v) is 16.4. The number of aromatic nitrogens is 2. The quantitative estimate of drug-likeness (QED) is 0.164. The van der Waals surface area contributed by atoms with Crippen LogP contribution in [0, 0.1) is 11.6 Å². The topological polar surface area (TPSA) is 89.5 Å². The minimum absolute atomic E-state index is 0.00223. The lowest BCUT2D eigenvalue weighted by Crippen LogP contribution is -2.57. The van der Waals surface area contributed by atoms with Crippen LogP contribution in [0.4, 0.5) is 19.4 Å². The summed E-state index contributed by atoms with van der Waals surface area (Å²) in [6, 6.07) is 7.51. The Morgan fingerprint density at radius 3 is 2.40 bits per heavy atom. The van der Waals surface area contributed by atoms with Crippen LogP contribution in [-0.4, -0.2) is 95.8 Å². The average molecular weight is 771 g/mol. The highest BCUT2D eigenvalue weighted by Crippen LogP contribution is 2.46. The number of rotatable bonds is 8. The van der Waals surface area contributed by atoms with E-state index in [1.807, 2.05) is 25.7 Å². The van der Waals surface area contributed by atoms with E-state index in [0.29, 0.717) is 42.0 Å². The first-order valence-electron chi connectivity index (χ1n) is 18.2. The molecule has 4 saturated heterocycles. The largest absolute Gasteiger partial charge is 0.468 e. The van der Waals surface area contributed by atoms with E-state index in [9.17, 15) is 9.18 Å². The van der Waals surface area contributed by atoms with Crippen molar-refractivity contribution < 1.29 is 32.5 Å². The van der Waals surface area contributed by atoms with Crippen LogP contribution in [0.2, 0.25) is 10.0 Å². The normalized spacial score (nSPS) is 21.1. The van der Waals surface area contributed by atoms with Gasteiger partial charge in [-0.3, -0.25) is 9.80 Å². The minimum Gasteiger partial charge on any atom is -0.468 e. The first-order chi connectivity index (χ1) is 25.4. The number of fused-ring (bicyclic) bond motifs is 5. The summed E-state index contributed by atoms with van der Waals surface area (Å²) in [7, 11) is 1.49. The summed E-state index contributed by atoms with van der Waals surface area (Å²) in [5, 5.41) is 1.08. The van der Waals surface area contributed by atoms with Crippen molar-refractivity contribution in [3.8, 4) is 22.9 Å². The van der Waals surface area contributed by atoms with Crippen LogP contribution in [0.15, 0.2) is 30.3 Å². The van der Waals surface area contributed by atoms with Gasteiger partial charge in [-0.25, -0.2) is 13.6 Å². The summed E-state index contributed by atoms with van der Waals surface area (Å²) in [5.74, 6) is -0.564. The lowest BCUT2D eigenvalue weighted by atomic mass is 9.95.